The van der Waals surface area contributed by atoms with Crippen LogP contribution in [0.2, 0.25) is 0 Å². The molecule has 0 aliphatic carbocycles. The highest BCUT2D eigenvalue weighted by atomic mass is 19.4. The molecule has 1 aliphatic heterocycles. The number of alkyl halides is 3. The fourth-order valence-corrected chi connectivity index (χ4v) is 3.88. The van der Waals surface area contributed by atoms with Crippen LogP contribution in [0.3, 0.4) is 0 Å². The van der Waals surface area contributed by atoms with Gasteiger partial charge in [0.15, 0.2) is 0 Å². The van der Waals surface area contributed by atoms with Crippen LogP contribution in [-0.2, 0) is 11.0 Å². The van der Waals surface area contributed by atoms with E-state index in [1.54, 1.807) is 6.07 Å². The number of piperazine rings is 1. The lowest BCUT2D eigenvalue weighted by molar-refractivity contribution is -0.138. The lowest BCUT2D eigenvalue weighted by Crippen LogP contribution is -2.53. The number of aromatic nitrogens is 2. The summed E-state index contributed by atoms with van der Waals surface area (Å²) in [6.45, 7) is -0.522. The summed E-state index contributed by atoms with van der Waals surface area (Å²) in [4.78, 5) is 40.0. The maximum Gasteiger partial charge on any atom is 0.417 e. The molecule has 1 aliphatic rings. The maximum absolute atomic E-state index is 13.9. The largest absolute Gasteiger partial charge is 0.417 e. The van der Waals surface area contributed by atoms with E-state index in [4.69, 9.17) is 0 Å². The van der Waals surface area contributed by atoms with Crippen LogP contribution >= 0.6 is 0 Å². The minimum absolute atomic E-state index is 0.0102. The number of nitrogens with one attached hydrogen (secondary N) is 1. The molecular weight excluding hydrogens is 501 g/mol. The average molecular weight is 521 g/mol. The Morgan fingerprint density at radius 1 is 0.946 bits per heavy atom. The van der Waals surface area contributed by atoms with Gasteiger partial charge >= 0.3 is 12.2 Å². The monoisotopic (exact) mass is 521 g/mol. The van der Waals surface area contributed by atoms with E-state index in [1.807, 2.05) is 0 Å². The van der Waals surface area contributed by atoms with Gasteiger partial charge in [0, 0.05) is 43.5 Å². The number of nitrogens with zero attached hydrogens (tertiary/aromatic N) is 4. The van der Waals surface area contributed by atoms with E-state index >= 15 is 0 Å². The minimum Gasteiger partial charge on any atom is -0.338 e. The molecule has 0 unspecified atom stereocenters. The Labute approximate surface area is 207 Å². The third kappa shape index (κ3) is 5.76. The average Bonchev–Trinajstić information content (AvgIpc) is 3.36. The standard InChI is InChI=1S/C24H20F5N5O3/c25-16-5-6-19(24(27,28)29)18(11-16)22(36)33-9-7-32(8-10-33)21(35)13-30-23(37)34-14-15(12-31-34)17-3-1-2-4-20(17)26/h1-6,11-12,14H,7-10,13H2,(H,30,37). The van der Waals surface area contributed by atoms with E-state index in [-0.39, 0.29) is 31.7 Å². The predicted octanol–water partition coefficient (Wildman–Crippen LogP) is 3.39. The number of rotatable bonds is 4. The van der Waals surface area contributed by atoms with Crippen LogP contribution in [0.15, 0.2) is 54.9 Å². The molecule has 1 saturated heterocycles. The predicted molar refractivity (Wildman–Crippen MR) is 120 cm³/mol. The highest BCUT2D eigenvalue weighted by Crippen LogP contribution is 2.33. The van der Waals surface area contributed by atoms with E-state index < -0.39 is 53.3 Å². The molecule has 2 aromatic carbocycles. The van der Waals surface area contributed by atoms with Gasteiger partial charge in [-0.25, -0.2) is 13.6 Å². The molecule has 13 heteroatoms. The molecule has 8 nitrogen and oxygen atoms in total. The smallest absolute Gasteiger partial charge is 0.338 e. The van der Waals surface area contributed by atoms with Crippen LogP contribution in [0.4, 0.5) is 26.7 Å². The van der Waals surface area contributed by atoms with E-state index in [9.17, 15) is 36.3 Å². The molecule has 37 heavy (non-hydrogen) atoms. The van der Waals surface area contributed by atoms with Crippen molar-refractivity contribution in [2.75, 3.05) is 32.7 Å². The SMILES string of the molecule is O=C(CNC(=O)n1cc(-c2ccccc2F)cn1)N1CCN(C(=O)c2cc(F)ccc2C(F)(F)F)CC1. The minimum atomic E-state index is -4.83. The Morgan fingerprint density at radius 2 is 1.62 bits per heavy atom. The van der Waals surface area contributed by atoms with Crippen LogP contribution in [0.25, 0.3) is 11.1 Å². The summed E-state index contributed by atoms with van der Waals surface area (Å²) in [5, 5.41) is 6.27. The summed E-state index contributed by atoms with van der Waals surface area (Å²) < 4.78 is 68.2. The summed E-state index contributed by atoms with van der Waals surface area (Å²) >= 11 is 0. The molecule has 3 aromatic rings. The fraction of sp³-hybridized carbons (Fsp3) is 0.250. The van der Waals surface area contributed by atoms with Gasteiger partial charge in [0.05, 0.1) is 23.9 Å². The molecule has 1 fully saturated rings. The second-order valence-electron chi connectivity index (χ2n) is 8.17. The van der Waals surface area contributed by atoms with Gasteiger partial charge in [-0.2, -0.15) is 23.0 Å². The van der Waals surface area contributed by atoms with Crippen LogP contribution in [0.1, 0.15) is 15.9 Å². The van der Waals surface area contributed by atoms with Crippen LogP contribution < -0.4 is 5.32 Å². The number of hydrogen-bond donors (Lipinski definition) is 1. The molecule has 0 atom stereocenters. The highest BCUT2D eigenvalue weighted by molar-refractivity contribution is 5.96. The van der Waals surface area contributed by atoms with Crippen LogP contribution in [0, 0.1) is 11.6 Å². The van der Waals surface area contributed by atoms with E-state index in [2.05, 4.69) is 10.4 Å². The van der Waals surface area contributed by atoms with Crippen molar-refractivity contribution in [1.82, 2.24) is 24.9 Å². The lowest BCUT2D eigenvalue weighted by Gasteiger charge is -2.35. The van der Waals surface area contributed by atoms with Gasteiger partial charge in [-0.05, 0) is 24.3 Å². The number of carbonyl (C=O) groups excluding carboxylic acids is 3. The second-order valence-corrected chi connectivity index (χ2v) is 8.17. The first-order valence-electron chi connectivity index (χ1n) is 11.1. The molecule has 4 rings (SSSR count). The van der Waals surface area contributed by atoms with Gasteiger partial charge in [-0.3, -0.25) is 9.59 Å². The van der Waals surface area contributed by atoms with Crippen molar-refractivity contribution < 1.29 is 36.3 Å². The van der Waals surface area contributed by atoms with E-state index in [0.29, 0.717) is 23.8 Å². The molecule has 0 spiro atoms. The first-order valence-corrected chi connectivity index (χ1v) is 11.1. The molecule has 1 N–H and O–H groups in total. The van der Waals surface area contributed by atoms with Crippen LogP contribution in [-0.4, -0.2) is 70.1 Å². The lowest BCUT2D eigenvalue weighted by atomic mass is 10.0. The van der Waals surface area contributed by atoms with Crippen molar-refractivity contribution in [2.45, 2.75) is 6.18 Å². The number of hydrogen-bond acceptors (Lipinski definition) is 4. The number of halogens is 5. The Balaban J connectivity index is 1.31. The zero-order chi connectivity index (χ0) is 26.7. The maximum atomic E-state index is 13.9. The Bertz CT molecular complexity index is 1330. The highest BCUT2D eigenvalue weighted by Gasteiger charge is 2.37. The molecule has 2 heterocycles. The third-order valence-electron chi connectivity index (χ3n) is 5.80. The molecule has 0 bridgehead atoms. The van der Waals surface area contributed by atoms with Crippen molar-refractivity contribution in [3.05, 3.63) is 77.6 Å². The molecule has 194 valence electrons. The van der Waals surface area contributed by atoms with Crippen molar-refractivity contribution in [2.24, 2.45) is 0 Å². The van der Waals surface area contributed by atoms with Gasteiger partial charge in [0.2, 0.25) is 5.91 Å². The number of amides is 3. The zero-order valence-electron chi connectivity index (χ0n) is 19.1. The summed E-state index contributed by atoms with van der Waals surface area (Å²) in [5.74, 6) is -2.93. The Hall–Kier alpha value is -4.29. The van der Waals surface area contributed by atoms with E-state index in [1.165, 1.54) is 35.5 Å². The molecule has 3 amide bonds. The first kappa shape index (κ1) is 25.8. The zero-order valence-corrected chi connectivity index (χ0v) is 19.1. The van der Waals surface area contributed by atoms with Crippen molar-refractivity contribution in [3.63, 3.8) is 0 Å². The molecular formula is C24H20F5N5O3. The van der Waals surface area contributed by atoms with E-state index in [0.717, 1.165) is 9.58 Å². The molecule has 1 aromatic heterocycles. The van der Waals surface area contributed by atoms with Crippen LogP contribution in [0.5, 0.6) is 0 Å². The van der Waals surface area contributed by atoms with Crippen molar-refractivity contribution >= 4 is 17.8 Å². The topological polar surface area (TPSA) is 87.5 Å². The van der Waals surface area contributed by atoms with Crippen molar-refractivity contribution in [3.8, 4) is 11.1 Å². The summed E-state index contributed by atoms with van der Waals surface area (Å²) in [5.41, 5.74) is -1.41. The van der Waals surface area contributed by atoms with Gasteiger partial charge in [0.25, 0.3) is 5.91 Å². The number of benzene rings is 2. The number of carbonyl (C=O) groups is 3. The van der Waals surface area contributed by atoms with Gasteiger partial charge in [-0.15, -0.1) is 0 Å². The normalized spacial score (nSPS) is 14.0. The summed E-state index contributed by atoms with van der Waals surface area (Å²) in [6.07, 6.45) is -2.22. The Kier molecular flexibility index (Phi) is 7.23. The first-order chi connectivity index (χ1) is 17.5. The summed E-state index contributed by atoms with van der Waals surface area (Å²) in [6, 6.07) is 6.93. The third-order valence-corrected chi connectivity index (χ3v) is 5.80. The molecule has 0 radical (unpaired) electrons. The van der Waals surface area contributed by atoms with Crippen molar-refractivity contribution in [1.29, 1.82) is 0 Å². The van der Waals surface area contributed by atoms with Gasteiger partial charge < -0.3 is 15.1 Å². The Morgan fingerprint density at radius 3 is 2.30 bits per heavy atom. The quantitative estimate of drug-likeness (QED) is 0.534. The fourth-order valence-electron chi connectivity index (χ4n) is 3.88. The van der Waals surface area contributed by atoms with Gasteiger partial charge in [-0.1, -0.05) is 18.2 Å². The second kappa shape index (κ2) is 10.4. The summed E-state index contributed by atoms with van der Waals surface area (Å²) in [7, 11) is 0. The van der Waals surface area contributed by atoms with Gasteiger partial charge in [0.1, 0.15) is 11.6 Å². The molecule has 0 saturated carbocycles.